The van der Waals surface area contributed by atoms with Crippen molar-refractivity contribution in [3.63, 3.8) is 0 Å². The van der Waals surface area contributed by atoms with Crippen LogP contribution in [0.2, 0.25) is 5.02 Å². The van der Waals surface area contributed by atoms with E-state index in [9.17, 15) is 4.79 Å². The van der Waals surface area contributed by atoms with E-state index in [0.717, 1.165) is 11.3 Å². The molecule has 1 aromatic carbocycles. The molecule has 0 aliphatic rings. The molecule has 0 bridgehead atoms. The Balaban J connectivity index is 2.25. The van der Waals surface area contributed by atoms with Crippen molar-refractivity contribution in [1.82, 2.24) is 4.57 Å². The Morgan fingerprint density at radius 1 is 1.42 bits per heavy atom. The van der Waals surface area contributed by atoms with Gasteiger partial charge in [-0.15, -0.1) is 0 Å². The van der Waals surface area contributed by atoms with Crippen molar-refractivity contribution in [3.05, 3.63) is 52.8 Å². The maximum Gasteiger partial charge on any atom is 0.272 e. The molecule has 1 aromatic heterocycles. The number of amides is 1. The number of halogens is 1. The highest BCUT2D eigenvalue weighted by Gasteiger charge is 2.13. The number of benzene rings is 1. The zero-order valence-corrected chi connectivity index (χ0v) is 11.4. The summed E-state index contributed by atoms with van der Waals surface area (Å²) in [6.45, 7) is 3.03. The summed E-state index contributed by atoms with van der Waals surface area (Å²) in [7, 11) is 0. The lowest BCUT2D eigenvalue weighted by atomic mass is 10.2. The topological polar surface area (TPSA) is 60.0 Å². The molecule has 0 saturated carbocycles. The Hall–Kier alpha value is -1.78. The fourth-order valence-corrected chi connectivity index (χ4v) is 2.15. The zero-order chi connectivity index (χ0) is 13.8. The number of nitrogens with one attached hydrogen (secondary N) is 1. The molecule has 0 saturated heterocycles. The predicted octanol–water partition coefficient (Wildman–Crippen LogP) is 2.87. The lowest BCUT2D eigenvalue weighted by Crippen LogP contribution is -2.17. The lowest BCUT2D eigenvalue weighted by Gasteiger charge is -2.10. The van der Waals surface area contributed by atoms with Crippen LogP contribution in [0.15, 0.2) is 36.5 Å². The van der Waals surface area contributed by atoms with Crippen LogP contribution in [0.5, 0.6) is 0 Å². The monoisotopic (exact) mass is 277 g/mol. The second-order valence-electron chi connectivity index (χ2n) is 4.14. The molecule has 3 N–H and O–H groups in total. The summed E-state index contributed by atoms with van der Waals surface area (Å²) >= 11 is 5.93. The van der Waals surface area contributed by atoms with E-state index < -0.39 is 0 Å². The van der Waals surface area contributed by atoms with Crippen molar-refractivity contribution >= 4 is 23.2 Å². The van der Waals surface area contributed by atoms with Crippen molar-refractivity contribution < 1.29 is 4.79 Å². The average Bonchev–Trinajstić information content (AvgIpc) is 2.80. The average molecular weight is 278 g/mol. The first-order valence-electron chi connectivity index (χ1n) is 6.10. The van der Waals surface area contributed by atoms with Crippen molar-refractivity contribution in [1.29, 1.82) is 0 Å². The van der Waals surface area contributed by atoms with Gasteiger partial charge in [0.1, 0.15) is 5.69 Å². The summed E-state index contributed by atoms with van der Waals surface area (Å²) in [4.78, 5) is 12.2. The number of nitrogens with zero attached hydrogens (tertiary/aromatic N) is 1. The van der Waals surface area contributed by atoms with Crippen molar-refractivity contribution in [3.8, 4) is 0 Å². The number of carbonyl (C=O) groups excluding carboxylic acids is 1. The fourth-order valence-electron chi connectivity index (χ4n) is 1.93. The van der Waals surface area contributed by atoms with Crippen LogP contribution in [-0.2, 0) is 13.1 Å². The maximum absolute atomic E-state index is 12.2. The minimum atomic E-state index is -0.186. The molecule has 0 atom stereocenters. The molecule has 1 heterocycles. The van der Waals surface area contributed by atoms with Gasteiger partial charge in [0.2, 0.25) is 0 Å². The van der Waals surface area contributed by atoms with Crippen LogP contribution in [0, 0.1) is 0 Å². The molecule has 0 aliphatic carbocycles. The molecular weight excluding hydrogens is 262 g/mol. The Labute approximate surface area is 117 Å². The van der Waals surface area contributed by atoms with E-state index >= 15 is 0 Å². The highest BCUT2D eigenvalue weighted by molar-refractivity contribution is 6.31. The summed E-state index contributed by atoms with van der Waals surface area (Å²) in [5.41, 5.74) is 7.82. The van der Waals surface area contributed by atoms with Gasteiger partial charge in [-0.1, -0.05) is 29.8 Å². The second-order valence-corrected chi connectivity index (χ2v) is 4.58. The van der Waals surface area contributed by atoms with E-state index in [1.807, 2.05) is 35.8 Å². The predicted molar refractivity (Wildman–Crippen MR) is 77.4 cm³/mol. The Morgan fingerprint density at radius 3 is 2.84 bits per heavy atom. The molecule has 0 fully saturated rings. The van der Waals surface area contributed by atoms with Crippen molar-refractivity contribution in [2.45, 2.75) is 20.0 Å². The van der Waals surface area contributed by atoms with Gasteiger partial charge in [-0.05, 0) is 24.6 Å². The minimum absolute atomic E-state index is 0.186. The minimum Gasteiger partial charge on any atom is -0.342 e. The lowest BCUT2D eigenvalue weighted by molar-refractivity contribution is 0.101. The molecule has 5 heteroatoms. The smallest absolute Gasteiger partial charge is 0.272 e. The third-order valence-corrected chi connectivity index (χ3v) is 3.13. The summed E-state index contributed by atoms with van der Waals surface area (Å²) in [5.74, 6) is -0.186. The number of aryl methyl sites for hydroxylation is 1. The van der Waals surface area contributed by atoms with Gasteiger partial charge in [-0.2, -0.15) is 0 Å². The summed E-state index contributed by atoms with van der Waals surface area (Å²) in [6, 6.07) is 9.14. The van der Waals surface area contributed by atoms with Crippen molar-refractivity contribution in [2.75, 3.05) is 5.32 Å². The van der Waals surface area contributed by atoms with Gasteiger partial charge in [-0.3, -0.25) is 4.79 Å². The van der Waals surface area contributed by atoms with Crippen LogP contribution in [0.3, 0.4) is 0 Å². The van der Waals surface area contributed by atoms with Gasteiger partial charge in [0, 0.05) is 25.0 Å². The van der Waals surface area contributed by atoms with E-state index in [1.165, 1.54) is 0 Å². The first-order valence-corrected chi connectivity index (χ1v) is 6.48. The summed E-state index contributed by atoms with van der Waals surface area (Å²) in [5, 5.41) is 3.42. The molecule has 0 aliphatic heterocycles. The quantitative estimate of drug-likeness (QED) is 0.903. The Morgan fingerprint density at radius 2 is 2.16 bits per heavy atom. The normalized spacial score (nSPS) is 10.5. The number of hydrogen-bond acceptors (Lipinski definition) is 2. The molecule has 100 valence electrons. The molecule has 0 unspecified atom stereocenters. The third-order valence-electron chi connectivity index (χ3n) is 2.92. The van der Waals surface area contributed by atoms with Gasteiger partial charge >= 0.3 is 0 Å². The van der Waals surface area contributed by atoms with Crippen molar-refractivity contribution in [2.24, 2.45) is 5.73 Å². The van der Waals surface area contributed by atoms with Crippen LogP contribution in [0.1, 0.15) is 23.0 Å². The van der Waals surface area contributed by atoms with Crippen LogP contribution >= 0.6 is 11.6 Å². The largest absolute Gasteiger partial charge is 0.342 e. The Bertz CT molecular complexity index is 592. The standard InChI is InChI=1S/C14H16ClN3O/c1-2-18-9-11(15)7-13(18)14(19)17-12-6-4-3-5-10(12)8-16/h3-7,9H,2,8,16H2,1H3,(H,17,19). The maximum atomic E-state index is 12.2. The van der Waals surface area contributed by atoms with Crippen LogP contribution < -0.4 is 11.1 Å². The van der Waals surface area contributed by atoms with E-state index in [2.05, 4.69) is 5.32 Å². The summed E-state index contributed by atoms with van der Waals surface area (Å²) in [6.07, 6.45) is 1.74. The molecule has 2 aromatic rings. The number of carbonyl (C=O) groups is 1. The second kappa shape index (κ2) is 5.91. The van der Waals surface area contributed by atoms with E-state index in [1.54, 1.807) is 12.3 Å². The number of rotatable bonds is 4. The molecule has 1 amide bonds. The molecule has 0 spiro atoms. The summed E-state index contributed by atoms with van der Waals surface area (Å²) < 4.78 is 1.81. The number of hydrogen-bond donors (Lipinski definition) is 2. The van der Waals surface area contributed by atoms with E-state index in [-0.39, 0.29) is 5.91 Å². The number of aromatic nitrogens is 1. The van der Waals surface area contributed by atoms with Crippen LogP contribution in [0.25, 0.3) is 0 Å². The number of nitrogens with two attached hydrogens (primary N) is 1. The molecule has 4 nitrogen and oxygen atoms in total. The zero-order valence-electron chi connectivity index (χ0n) is 10.7. The first kappa shape index (κ1) is 13.6. The van der Waals surface area contributed by atoms with Gasteiger partial charge in [0.25, 0.3) is 5.91 Å². The van der Waals surface area contributed by atoms with Gasteiger partial charge in [0.05, 0.1) is 5.02 Å². The SMILES string of the molecule is CCn1cc(Cl)cc1C(=O)Nc1ccccc1CN. The Kier molecular flexibility index (Phi) is 4.24. The van der Waals surface area contributed by atoms with Crippen LogP contribution in [-0.4, -0.2) is 10.5 Å². The van der Waals surface area contributed by atoms with E-state index in [4.69, 9.17) is 17.3 Å². The van der Waals surface area contributed by atoms with Gasteiger partial charge in [-0.25, -0.2) is 0 Å². The molecular formula is C14H16ClN3O. The first-order chi connectivity index (χ1) is 9.15. The molecule has 0 radical (unpaired) electrons. The molecule has 19 heavy (non-hydrogen) atoms. The number of anilines is 1. The number of para-hydroxylation sites is 1. The van der Waals surface area contributed by atoms with Gasteiger partial charge < -0.3 is 15.6 Å². The third kappa shape index (κ3) is 2.97. The van der Waals surface area contributed by atoms with E-state index in [0.29, 0.717) is 23.8 Å². The fraction of sp³-hybridized carbons (Fsp3) is 0.214. The highest BCUT2D eigenvalue weighted by Crippen LogP contribution is 2.18. The molecule has 2 rings (SSSR count). The van der Waals surface area contributed by atoms with Crippen LogP contribution in [0.4, 0.5) is 5.69 Å². The van der Waals surface area contributed by atoms with Gasteiger partial charge in [0.15, 0.2) is 0 Å². The highest BCUT2D eigenvalue weighted by atomic mass is 35.5.